The van der Waals surface area contributed by atoms with Gasteiger partial charge < -0.3 is 5.32 Å². The summed E-state index contributed by atoms with van der Waals surface area (Å²) in [6.45, 7) is 10.4. The van der Waals surface area contributed by atoms with Gasteiger partial charge in [-0.25, -0.2) is 0 Å². The molecule has 1 aromatic rings. The van der Waals surface area contributed by atoms with Gasteiger partial charge in [-0.2, -0.15) is 5.10 Å². The van der Waals surface area contributed by atoms with Gasteiger partial charge in [0.25, 0.3) is 0 Å². The molecule has 90 valence electrons. The first-order chi connectivity index (χ1) is 7.29. The van der Waals surface area contributed by atoms with Gasteiger partial charge in [-0.05, 0) is 19.4 Å². The number of nitrogens with one attached hydrogen (secondary N) is 1. The first-order valence-corrected chi connectivity index (χ1v) is 5.59. The fraction of sp³-hybridized carbons (Fsp3) is 0.667. The van der Waals surface area contributed by atoms with E-state index in [0.717, 1.165) is 5.56 Å². The number of hydrogen-bond acceptors (Lipinski definition) is 2. The van der Waals surface area contributed by atoms with Crippen LogP contribution in [0.15, 0.2) is 12.4 Å². The average Bonchev–Trinajstić information content (AvgIpc) is 2.49. The fourth-order valence-electron chi connectivity index (χ4n) is 1.33. The van der Waals surface area contributed by atoms with Crippen LogP contribution in [0.2, 0.25) is 0 Å². The van der Waals surface area contributed by atoms with Gasteiger partial charge in [0, 0.05) is 17.7 Å². The zero-order valence-corrected chi connectivity index (χ0v) is 10.7. The third-order valence-corrected chi connectivity index (χ3v) is 2.28. The van der Waals surface area contributed by atoms with Crippen molar-refractivity contribution >= 4 is 5.91 Å². The second kappa shape index (κ2) is 4.68. The van der Waals surface area contributed by atoms with Gasteiger partial charge in [-0.1, -0.05) is 20.8 Å². The Kier molecular flexibility index (Phi) is 3.73. The molecule has 0 saturated carbocycles. The van der Waals surface area contributed by atoms with Crippen LogP contribution in [0.4, 0.5) is 0 Å². The van der Waals surface area contributed by atoms with Crippen LogP contribution in [0.3, 0.4) is 0 Å². The summed E-state index contributed by atoms with van der Waals surface area (Å²) in [6.07, 6.45) is 3.79. The normalized spacial score (nSPS) is 13.6. The quantitative estimate of drug-likeness (QED) is 0.848. The number of carbonyl (C=O) groups is 1. The Hall–Kier alpha value is -1.32. The van der Waals surface area contributed by atoms with Crippen LogP contribution in [0, 0.1) is 12.3 Å². The van der Waals surface area contributed by atoms with Crippen molar-refractivity contribution in [2.24, 2.45) is 5.41 Å². The molecule has 4 nitrogen and oxygen atoms in total. The smallest absolute Gasteiger partial charge is 0.225 e. The van der Waals surface area contributed by atoms with Gasteiger partial charge in [-0.15, -0.1) is 0 Å². The summed E-state index contributed by atoms with van der Waals surface area (Å²) in [5.74, 6) is 0.0730. The summed E-state index contributed by atoms with van der Waals surface area (Å²) in [6, 6.07) is 0.0889. The minimum Gasteiger partial charge on any atom is -0.351 e. The van der Waals surface area contributed by atoms with E-state index in [2.05, 4.69) is 10.4 Å². The lowest BCUT2D eigenvalue weighted by molar-refractivity contribution is -0.129. The number of amides is 1. The van der Waals surface area contributed by atoms with Crippen molar-refractivity contribution in [1.29, 1.82) is 0 Å². The van der Waals surface area contributed by atoms with Crippen LogP contribution in [0.5, 0.6) is 0 Å². The second-order valence-electron chi connectivity index (χ2n) is 5.36. The highest BCUT2D eigenvalue weighted by Gasteiger charge is 2.22. The van der Waals surface area contributed by atoms with Crippen molar-refractivity contribution in [3.05, 3.63) is 18.0 Å². The summed E-state index contributed by atoms with van der Waals surface area (Å²) in [4.78, 5) is 11.7. The van der Waals surface area contributed by atoms with Gasteiger partial charge in [0.2, 0.25) is 5.91 Å². The van der Waals surface area contributed by atoms with Gasteiger partial charge in [0.05, 0.1) is 12.7 Å². The molecule has 1 rings (SSSR count). The maximum absolute atomic E-state index is 11.7. The van der Waals surface area contributed by atoms with E-state index in [1.165, 1.54) is 0 Å². The van der Waals surface area contributed by atoms with E-state index in [9.17, 15) is 4.79 Å². The lowest BCUT2D eigenvalue weighted by atomic mass is 9.95. The topological polar surface area (TPSA) is 46.9 Å². The summed E-state index contributed by atoms with van der Waals surface area (Å²) in [5, 5.41) is 7.17. The highest BCUT2D eigenvalue weighted by Crippen LogP contribution is 2.12. The predicted molar refractivity (Wildman–Crippen MR) is 64.0 cm³/mol. The summed E-state index contributed by atoms with van der Waals surface area (Å²) in [5.41, 5.74) is 0.795. The molecule has 0 radical (unpaired) electrons. The van der Waals surface area contributed by atoms with Gasteiger partial charge in [0.15, 0.2) is 0 Å². The zero-order chi connectivity index (χ0) is 12.3. The van der Waals surface area contributed by atoms with Crippen LogP contribution < -0.4 is 5.32 Å². The van der Waals surface area contributed by atoms with E-state index < -0.39 is 0 Å². The molecule has 0 spiro atoms. The van der Waals surface area contributed by atoms with Crippen LogP contribution >= 0.6 is 0 Å². The molecule has 1 aromatic heterocycles. The number of nitrogens with zero attached hydrogens (tertiary/aromatic N) is 2. The molecule has 1 unspecified atom stereocenters. The Morgan fingerprint density at radius 2 is 2.19 bits per heavy atom. The molecule has 0 aliphatic heterocycles. The zero-order valence-electron chi connectivity index (χ0n) is 10.7. The molecule has 1 N–H and O–H groups in total. The van der Waals surface area contributed by atoms with Crippen molar-refractivity contribution in [2.45, 2.75) is 47.2 Å². The summed E-state index contributed by atoms with van der Waals surface area (Å²) in [7, 11) is 0. The molecule has 1 atom stereocenters. The molecule has 0 aliphatic rings. The predicted octanol–water partition coefficient (Wildman–Crippen LogP) is 1.74. The lowest BCUT2D eigenvalue weighted by Gasteiger charge is -2.21. The Morgan fingerprint density at radius 3 is 2.62 bits per heavy atom. The molecule has 1 heterocycles. The highest BCUT2D eigenvalue weighted by atomic mass is 16.2. The molecule has 0 fully saturated rings. The minimum atomic E-state index is -0.339. The molecule has 4 heteroatoms. The highest BCUT2D eigenvalue weighted by molar-refractivity contribution is 5.81. The molecule has 0 aliphatic carbocycles. The average molecular weight is 223 g/mol. The summed E-state index contributed by atoms with van der Waals surface area (Å²) >= 11 is 0. The van der Waals surface area contributed by atoms with Crippen LogP contribution in [-0.4, -0.2) is 21.7 Å². The molecular weight excluding hydrogens is 202 g/mol. The van der Waals surface area contributed by atoms with Crippen molar-refractivity contribution in [1.82, 2.24) is 15.1 Å². The van der Waals surface area contributed by atoms with Crippen molar-refractivity contribution in [3.63, 3.8) is 0 Å². The monoisotopic (exact) mass is 223 g/mol. The Morgan fingerprint density at radius 1 is 1.56 bits per heavy atom. The Labute approximate surface area is 97.0 Å². The fourth-order valence-corrected chi connectivity index (χ4v) is 1.33. The van der Waals surface area contributed by atoms with E-state index in [1.807, 2.05) is 51.7 Å². The lowest BCUT2D eigenvalue weighted by Crippen LogP contribution is -2.42. The molecule has 0 saturated heterocycles. The number of aryl methyl sites for hydroxylation is 1. The third kappa shape index (κ3) is 3.68. The number of hydrogen-bond donors (Lipinski definition) is 1. The molecule has 0 aromatic carbocycles. The minimum absolute atomic E-state index is 0.0730. The number of carbonyl (C=O) groups excluding carboxylic acids is 1. The first-order valence-electron chi connectivity index (χ1n) is 5.59. The molecule has 0 bridgehead atoms. The van der Waals surface area contributed by atoms with Crippen LogP contribution in [0.1, 0.15) is 33.3 Å². The number of aromatic nitrogens is 2. The maximum Gasteiger partial charge on any atom is 0.225 e. The number of rotatable bonds is 3. The van der Waals surface area contributed by atoms with Crippen molar-refractivity contribution < 1.29 is 4.79 Å². The van der Waals surface area contributed by atoms with Crippen LogP contribution in [0.25, 0.3) is 0 Å². The van der Waals surface area contributed by atoms with E-state index in [1.54, 1.807) is 0 Å². The van der Waals surface area contributed by atoms with Gasteiger partial charge in [0.1, 0.15) is 0 Å². The summed E-state index contributed by atoms with van der Waals surface area (Å²) < 4.78 is 1.85. The van der Waals surface area contributed by atoms with Crippen LogP contribution in [-0.2, 0) is 11.3 Å². The second-order valence-corrected chi connectivity index (χ2v) is 5.36. The standard InChI is InChI=1S/C12H21N3O/c1-9-6-13-15(7-9)8-10(2)14-11(16)12(3,4)5/h6-7,10H,8H2,1-5H3,(H,14,16). The van der Waals surface area contributed by atoms with E-state index >= 15 is 0 Å². The Bertz CT molecular complexity index is 363. The molecule has 1 amide bonds. The Balaban J connectivity index is 2.48. The van der Waals surface area contributed by atoms with Crippen molar-refractivity contribution in [2.75, 3.05) is 0 Å². The van der Waals surface area contributed by atoms with Crippen molar-refractivity contribution in [3.8, 4) is 0 Å². The van der Waals surface area contributed by atoms with E-state index in [0.29, 0.717) is 6.54 Å². The van der Waals surface area contributed by atoms with Gasteiger partial charge >= 0.3 is 0 Å². The first kappa shape index (κ1) is 12.7. The largest absolute Gasteiger partial charge is 0.351 e. The van der Waals surface area contributed by atoms with E-state index in [4.69, 9.17) is 0 Å². The third-order valence-electron chi connectivity index (χ3n) is 2.28. The SMILES string of the molecule is Cc1cnn(CC(C)NC(=O)C(C)(C)C)c1. The maximum atomic E-state index is 11.7. The molecule has 16 heavy (non-hydrogen) atoms. The van der Waals surface area contributed by atoms with E-state index in [-0.39, 0.29) is 17.4 Å². The van der Waals surface area contributed by atoms with Gasteiger partial charge in [-0.3, -0.25) is 9.48 Å². The molecular formula is C12H21N3O.